The van der Waals surface area contributed by atoms with Crippen LogP contribution >= 0.6 is 0 Å². The number of aromatic nitrogens is 1. The summed E-state index contributed by atoms with van der Waals surface area (Å²) in [6.07, 6.45) is -3.22. The maximum Gasteiger partial charge on any atom is 0.416 e. The molecular formula is C15H15F3N2O. The van der Waals surface area contributed by atoms with Crippen molar-refractivity contribution in [1.82, 2.24) is 4.98 Å². The molecule has 21 heavy (non-hydrogen) atoms. The number of anilines is 1. The van der Waals surface area contributed by atoms with Crippen LogP contribution in [0.3, 0.4) is 0 Å². The van der Waals surface area contributed by atoms with Gasteiger partial charge in [-0.1, -0.05) is 24.3 Å². The van der Waals surface area contributed by atoms with Crippen LogP contribution in [0.4, 0.5) is 19.0 Å². The quantitative estimate of drug-likeness (QED) is 0.909. The van der Waals surface area contributed by atoms with Crippen LogP contribution in [0.15, 0.2) is 42.6 Å². The highest BCUT2D eigenvalue weighted by atomic mass is 19.4. The average Bonchev–Trinajstić information content (AvgIpc) is 2.46. The van der Waals surface area contributed by atoms with Gasteiger partial charge in [0.25, 0.3) is 0 Å². The van der Waals surface area contributed by atoms with Crippen LogP contribution < -0.4 is 5.32 Å². The summed E-state index contributed by atoms with van der Waals surface area (Å²) < 4.78 is 43.0. The van der Waals surface area contributed by atoms with E-state index in [0.717, 1.165) is 29.5 Å². The van der Waals surface area contributed by atoms with Crippen molar-refractivity contribution in [1.29, 1.82) is 0 Å². The van der Waals surface area contributed by atoms with E-state index in [1.165, 1.54) is 0 Å². The van der Waals surface area contributed by atoms with E-state index < -0.39 is 11.7 Å². The third-order valence-electron chi connectivity index (χ3n) is 2.97. The molecule has 3 nitrogen and oxygen atoms in total. The number of rotatable bonds is 5. The zero-order chi connectivity index (χ0) is 15.3. The van der Waals surface area contributed by atoms with Crippen LogP contribution in [0.5, 0.6) is 0 Å². The van der Waals surface area contributed by atoms with E-state index in [4.69, 9.17) is 4.74 Å². The minimum Gasteiger partial charge on any atom is -0.380 e. The molecule has 2 rings (SSSR count). The zero-order valence-electron chi connectivity index (χ0n) is 11.4. The lowest BCUT2D eigenvalue weighted by molar-refractivity contribution is -0.137. The smallest absolute Gasteiger partial charge is 0.380 e. The summed E-state index contributed by atoms with van der Waals surface area (Å²) in [5, 5.41) is 2.91. The van der Waals surface area contributed by atoms with E-state index in [-0.39, 0.29) is 5.82 Å². The lowest BCUT2D eigenvalue weighted by Gasteiger charge is -2.12. The van der Waals surface area contributed by atoms with Crippen molar-refractivity contribution in [3.8, 4) is 0 Å². The Kier molecular flexibility index (Phi) is 4.80. The fourth-order valence-corrected chi connectivity index (χ4v) is 1.92. The molecule has 1 heterocycles. The predicted octanol–water partition coefficient (Wildman–Crippen LogP) is 3.86. The van der Waals surface area contributed by atoms with Gasteiger partial charge in [-0.25, -0.2) is 4.98 Å². The second-order valence-corrected chi connectivity index (χ2v) is 4.48. The Morgan fingerprint density at radius 2 is 1.86 bits per heavy atom. The zero-order valence-corrected chi connectivity index (χ0v) is 11.4. The maximum atomic E-state index is 12.6. The molecule has 0 bridgehead atoms. The molecule has 2 aromatic rings. The topological polar surface area (TPSA) is 34.1 Å². The molecule has 0 aliphatic carbocycles. The largest absolute Gasteiger partial charge is 0.416 e. The summed E-state index contributed by atoms with van der Waals surface area (Å²) in [5.74, 6) is 0.192. The lowest BCUT2D eigenvalue weighted by Crippen LogP contribution is -2.08. The van der Waals surface area contributed by atoms with Crippen molar-refractivity contribution in [3.05, 3.63) is 59.3 Å². The van der Waals surface area contributed by atoms with Crippen LogP contribution in [0.25, 0.3) is 0 Å². The molecular weight excluding hydrogens is 281 g/mol. The van der Waals surface area contributed by atoms with Gasteiger partial charge in [-0.2, -0.15) is 13.2 Å². The highest BCUT2D eigenvalue weighted by molar-refractivity contribution is 5.40. The van der Waals surface area contributed by atoms with Gasteiger partial charge < -0.3 is 10.1 Å². The van der Waals surface area contributed by atoms with Crippen LogP contribution in [-0.4, -0.2) is 12.1 Å². The molecule has 0 radical (unpaired) electrons. The summed E-state index contributed by atoms with van der Waals surface area (Å²) >= 11 is 0. The van der Waals surface area contributed by atoms with E-state index >= 15 is 0 Å². The SMILES string of the molecule is COCc1ccccc1CNc1cc(C(F)(F)F)ccn1. The molecule has 0 spiro atoms. The summed E-state index contributed by atoms with van der Waals surface area (Å²) in [4.78, 5) is 3.90. The Balaban J connectivity index is 2.10. The Morgan fingerprint density at radius 3 is 2.52 bits per heavy atom. The first-order chi connectivity index (χ1) is 10.0. The number of hydrogen-bond acceptors (Lipinski definition) is 3. The van der Waals surface area contributed by atoms with Crippen LogP contribution in [0.2, 0.25) is 0 Å². The molecule has 6 heteroatoms. The number of hydrogen-bond donors (Lipinski definition) is 1. The van der Waals surface area contributed by atoms with Crippen LogP contribution in [0.1, 0.15) is 16.7 Å². The maximum absolute atomic E-state index is 12.6. The van der Waals surface area contributed by atoms with Gasteiger partial charge in [0.15, 0.2) is 0 Å². The molecule has 0 saturated heterocycles. The highest BCUT2D eigenvalue weighted by Crippen LogP contribution is 2.30. The van der Waals surface area contributed by atoms with Crippen molar-refractivity contribution >= 4 is 5.82 Å². The van der Waals surface area contributed by atoms with Crippen molar-refractivity contribution in [2.75, 3.05) is 12.4 Å². The van der Waals surface area contributed by atoms with Gasteiger partial charge in [-0.05, 0) is 23.3 Å². The number of nitrogens with zero attached hydrogens (tertiary/aromatic N) is 1. The van der Waals surface area contributed by atoms with E-state index in [1.807, 2.05) is 24.3 Å². The molecule has 0 atom stereocenters. The normalized spacial score (nSPS) is 11.4. The van der Waals surface area contributed by atoms with E-state index in [0.29, 0.717) is 13.2 Å². The first kappa shape index (κ1) is 15.3. The third-order valence-corrected chi connectivity index (χ3v) is 2.97. The van der Waals surface area contributed by atoms with Crippen molar-refractivity contribution in [3.63, 3.8) is 0 Å². The molecule has 0 fully saturated rings. The van der Waals surface area contributed by atoms with Crippen molar-refractivity contribution in [2.45, 2.75) is 19.3 Å². The second kappa shape index (κ2) is 6.58. The second-order valence-electron chi connectivity index (χ2n) is 4.48. The molecule has 1 aromatic carbocycles. The standard InChI is InChI=1S/C15H15F3N2O/c1-21-10-12-5-3-2-4-11(12)9-20-14-8-13(6-7-19-14)15(16,17)18/h2-8H,9-10H2,1H3,(H,19,20). The molecule has 1 N–H and O–H groups in total. The molecule has 0 amide bonds. The van der Waals surface area contributed by atoms with Crippen molar-refractivity contribution < 1.29 is 17.9 Å². The van der Waals surface area contributed by atoms with Gasteiger partial charge in [0.2, 0.25) is 0 Å². The minimum atomic E-state index is -4.37. The van der Waals surface area contributed by atoms with Crippen LogP contribution in [-0.2, 0) is 24.1 Å². The Morgan fingerprint density at radius 1 is 1.14 bits per heavy atom. The molecule has 0 aliphatic heterocycles. The minimum absolute atomic E-state index is 0.192. The fraction of sp³-hybridized carbons (Fsp3) is 0.267. The van der Waals surface area contributed by atoms with Gasteiger partial charge in [0.1, 0.15) is 5.82 Å². The number of alkyl halides is 3. The number of methoxy groups -OCH3 is 1. The third kappa shape index (κ3) is 4.19. The first-order valence-electron chi connectivity index (χ1n) is 6.33. The average molecular weight is 296 g/mol. The van der Waals surface area contributed by atoms with E-state index in [1.54, 1.807) is 7.11 Å². The first-order valence-corrected chi connectivity index (χ1v) is 6.33. The number of ether oxygens (including phenoxy) is 1. The Labute approximate surface area is 120 Å². The van der Waals surface area contributed by atoms with Gasteiger partial charge in [-0.15, -0.1) is 0 Å². The summed E-state index contributed by atoms with van der Waals surface area (Å²) in [6, 6.07) is 9.52. The molecule has 0 aliphatic rings. The summed E-state index contributed by atoms with van der Waals surface area (Å²) in [6.45, 7) is 0.835. The number of halogens is 3. The molecule has 0 saturated carbocycles. The van der Waals surface area contributed by atoms with E-state index in [2.05, 4.69) is 10.3 Å². The number of pyridine rings is 1. The summed E-state index contributed by atoms with van der Waals surface area (Å²) in [7, 11) is 1.60. The van der Waals surface area contributed by atoms with Crippen LogP contribution in [0, 0.1) is 0 Å². The van der Waals surface area contributed by atoms with Gasteiger partial charge >= 0.3 is 6.18 Å². The molecule has 1 aromatic heterocycles. The van der Waals surface area contributed by atoms with Crippen molar-refractivity contribution in [2.24, 2.45) is 0 Å². The monoisotopic (exact) mass is 296 g/mol. The molecule has 112 valence electrons. The Bertz CT molecular complexity index is 599. The van der Waals surface area contributed by atoms with Gasteiger partial charge in [-0.3, -0.25) is 0 Å². The number of benzene rings is 1. The number of nitrogens with one attached hydrogen (secondary N) is 1. The van der Waals surface area contributed by atoms with Gasteiger partial charge in [0.05, 0.1) is 12.2 Å². The highest BCUT2D eigenvalue weighted by Gasteiger charge is 2.30. The fourth-order valence-electron chi connectivity index (χ4n) is 1.92. The lowest BCUT2D eigenvalue weighted by atomic mass is 10.1. The Hall–Kier alpha value is -2.08. The molecule has 0 unspecified atom stereocenters. The van der Waals surface area contributed by atoms with Gasteiger partial charge in [0, 0.05) is 19.9 Å². The summed E-state index contributed by atoms with van der Waals surface area (Å²) in [5.41, 5.74) is 1.23. The van der Waals surface area contributed by atoms with E-state index in [9.17, 15) is 13.2 Å². The predicted molar refractivity (Wildman–Crippen MR) is 73.7 cm³/mol.